The second-order valence-corrected chi connectivity index (χ2v) is 5.13. The van der Waals surface area contributed by atoms with E-state index in [-0.39, 0.29) is 11.7 Å². The van der Waals surface area contributed by atoms with Gasteiger partial charge in [-0.2, -0.15) is 0 Å². The Morgan fingerprint density at radius 2 is 1.96 bits per heavy atom. The topological polar surface area (TPSA) is 75.1 Å². The van der Waals surface area contributed by atoms with Crippen LogP contribution in [0.25, 0.3) is 17.1 Å². The maximum atomic E-state index is 11.9. The van der Waals surface area contributed by atoms with Crippen LogP contribution in [0.3, 0.4) is 0 Å². The normalized spacial score (nSPS) is 11.0. The maximum absolute atomic E-state index is 11.9. The van der Waals surface area contributed by atoms with E-state index in [2.05, 4.69) is 15.3 Å². The second-order valence-electron chi connectivity index (χ2n) is 5.13. The van der Waals surface area contributed by atoms with Crippen molar-refractivity contribution in [3.63, 3.8) is 0 Å². The monoisotopic (exact) mass is 305 g/mol. The number of para-hydroxylation sites is 2. The zero-order chi connectivity index (χ0) is 16.2. The lowest BCUT2D eigenvalue weighted by molar-refractivity contribution is -0.111. The number of benzene rings is 2. The van der Waals surface area contributed by atoms with Crippen molar-refractivity contribution in [1.29, 1.82) is 0 Å². The molecule has 1 heterocycles. The number of phenols is 1. The Bertz CT molecular complexity index is 904. The summed E-state index contributed by atoms with van der Waals surface area (Å²) in [6, 6.07) is 12.6. The van der Waals surface area contributed by atoms with Crippen LogP contribution >= 0.6 is 0 Å². The Labute approximate surface area is 133 Å². The molecule has 3 rings (SSSR count). The van der Waals surface area contributed by atoms with Crippen molar-refractivity contribution in [3.05, 3.63) is 66.0 Å². The molecule has 0 bridgehead atoms. The number of hydrogen-bond donors (Lipinski definition) is 2. The number of anilines is 1. The van der Waals surface area contributed by atoms with Crippen molar-refractivity contribution in [3.8, 4) is 5.75 Å². The molecule has 0 aliphatic heterocycles. The summed E-state index contributed by atoms with van der Waals surface area (Å²) >= 11 is 0. The van der Waals surface area contributed by atoms with Crippen LogP contribution in [0.15, 0.2) is 54.7 Å². The molecule has 2 N–H and O–H groups in total. The number of fused-ring (bicyclic) bond motifs is 1. The second kappa shape index (κ2) is 6.27. The molecule has 0 fully saturated rings. The third-order valence-corrected chi connectivity index (χ3v) is 3.28. The van der Waals surface area contributed by atoms with E-state index in [0.29, 0.717) is 11.4 Å². The predicted molar refractivity (Wildman–Crippen MR) is 90.0 cm³/mol. The van der Waals surface area contributed by atoms with E-state index in [0.717, 1.165) is 16.6 Å². The van der Waals surface area contributed by atoms with Crippen molar-refractivity contribution in [2.75, 3.05) is 5.32 Å². The molecule has 1 aromatic heterocycles. The fourth-order valence-electron chi connectivity index (χ4n) is 2.13. The first-order chi connectivity index (χ1) is 11.1. The number of aromatic nitrogens is 2. The van der Waals surface area contributed by atoms with Gasteiger partial charge in [-0.25, -0.2) is 4.98 Å². The third-order valence-electron chi connectivity index (χ3n) is 3.28. The van der Waals surface area contributed by atoms with Gasteiger partial charge in [0.15, 0.2) is 0 Å². The van der Waals surface area contributed by atoms with Gasteiger partial charge in [-0.1, -0.05) is 18.2 Å². The largest absolute Gasteiger partial charge is 0.506 e. The summed E-state index contributed by atoms with van der Waals surface area (Å²) in [6.45, 7) is 1.86. The molecule has 3 aromatic rings. The molecule has 0 saturated carbocycles. The van der Waals surface area contributed by atoms with Crippen LogP contribution < -0.4 is 5.32 Å². The van der Waals surface area contributed by atoms with Gasteiger partial charge in [0.2, 0.25) is 5.91 Å². The Morgan fingerprint density at radius 3 is 2.74 bits per heavy atom. The van der Waals surface area contributed by atoms with Gasteiger partial charge in [0.25, 0.3) is 0 Å². The SMILES string of the molecule is Cc1ccc(NC(=O)/C=C/c2cnc3ccccc3n2)c(O)c1. The van der Waals surface area contributed by atoms with Crippen LogP contribution in [0, 0.1) is 6.92 Å². The van der Waals surface area contributed by atoms with Gasteiger partial charge < -0.3 is 10.4 Å². The molecule has 1 amide bonds. The summed E-state index contributed by atoms with van der Waals surface area (Å²) in [6.07, 6.45) is 4.55. The summed E-state index contributed by atoms with van der Waals surface area (Å²) in [7, 11) is 0. The molecule has 0 radical (unpaired) electrons. The van der Waals surface area contributed by atoms with Crippen molar-refractivity contribution in [2.24, 2.45) is 0 Å². The van der Waals surface area contributed by atoms with Gasteiger partial charge in [0.05, 0.1) is 28.6 Å². The first-order valence-corrected chi connectivity index (χ1v) is 7.12. The molecular weight excluding hydrogens is 290 g/mol. The minimum atomic E-state index is -0.348. The van der Waals surface area contributed by atoms with Crippen molar-refractivity contribution < 1.29 is 9.90 Å². The molecule has 0 atom stereocenters. The number of hydrogen-bond acceptors (Lipinski definition) is 4. The van der Waals surface area contributed by atoms with Gasteiger partial charge in [-0.15, -0.1) is 0 Å². The fourth-order valence-corrected chi connectivity index (χ4v) is 2.13. The molecule has 23 heavy (non-hydrogen) atoms. The summed E-state index contributed by atoms with van der Waals surface area (Å²) in [5.41, 5.74) is 3.45. The average Bonchev–Trinajstić information content (AvgIpc) is 2.55. The number of aryl methyl sites for hydroxylation is 1. The van der Waals surface area contributed by atoms with Gasteiger partial charge in [0, 0.05) is 6.08 Å². The molecule has 0 spiro atoms. The van der Waals surface area contributed by atoms with E-state index < -0.39 is 0 Å². The highest BCUT2D eigenvalue weighted by Gasteiger charge is 2.04. The van der Waals surface area contributed by atoms with Gasteiger partial charge in [0.1, 0.15) is 5.75 Å². The molecule has 0 aliphatic carbocycles. The lowest BCUT2D eigenvalue weighted by Crippen LogP contribution is -2.08. The number of rotatable bonds is 3. The van der Waals surface area contributed by atoms with Gasteiger partial charge in [-0.05, 0) is 42.8 Å². The number of nitrogens with one attached hydrogen (secondary N) is 1. The molecule has 5 heteroatoms. The van der Waals surface area contributed by atoms with Crippen LogP contribution in [0.5, 0.6) is 5.75 Å². The van der Waals surface area contributed by atoms with Crippen LogP contribution in [0.4, 0.5) is 5.69 Å². The van der Waals surface area contributed by atoms with E-state index in [9.17, 15) is 9.90 Å². The standard InChI is InChI=1S/C18H15N3O2/c1-12-6-8-16(17(22)10-12)21-18(23)9-7-13-11-19-14-4-2-3-5-15(14)20-13/h2-11,22H,1H3,(H,21,23)/b9-7+. The highest BCUT2D eigenvalue weighted by molar-refractivity contribution is 6.02. The number of carbonyl (C=O) groups is 1. The lowest BCUT2D eigenvalue weighted by Gasteiger charge is -2.05. The smallest absolute Gasteiger partial charge is 0.248 e. The van der Waals surface area contributed by atoms with Crippen LogP contribution in [-0.4, -0.2) is 21.0 Å². The minimum absolute atomic E-state index is 0.0391. The quantitative estimate of drug-likeness (QED) is 0.575. The van der Waals surface area contributed by atoms with E-state index in [4.69, 9.17) is 0 Å². The zero-order valence-electron chi connectivity index (χ0n) is 12.5. The zero-order valence-corrected chi connectivity index (χ0v) is 12.5. The van der Waals surface area contributed by atoms with E-state index >= 15 is 0 Å². The third kappa shape index (κ3) is 3.52. The average molecular weight is 305 g/mol. The summed E-state index contributed by atoms with van der Waals surface area (Å²) in [5, 5.41) is 12.4. The summed E-state index contributed by atoms with van der Waals surface area (Å²) in [5.74, 6) is -0.309. The number of nitrogens with zero attached hydrogens (tertiary/aromatic N) is 2. The minimum Gasteiger partial charge on any atom is -0.506 e. The van der Waals surface area contributed by atoms with Crippen LogP contribution in [0.2, 0.25) is 0 Å². The molecule has 0 aliphatic rings. The fraction of sp³-hybridized carbons (Fsp3) is 0.0556. The van der Waals surface area contributed by atoms with E-state index in [1.165, 1.54) is 6.08 Å². The lowest BCUT2D eigenvalue weighted by atomic mass is 10.2. The molecular formula is C18H15N3O2. The molecule has 0 saturated heterocycles. The number of carbonyl (C=O) groups excluding carboxylic acids is 1. The highest BCUT2D eigenvalue weighted by atomic mass is 16.3. The van der Waals surface area contributed by atoms with Crippen molar-refractivity contribution >= 4 is 28.7 Å². The molecule has 5 nitrogen and oxygen atoms in total. The number of aromatic hydroxyl groups is 1. The van der Waals surface area contributed by atoms with Gasteiger partial charge >= 0.3 is 0 Å². The summed E-state index contributed by atoms with van der Waals surface area (Å²) in [4.78, 5) is 20.6. The Morgan fingerprint density at radius 1 is 1.17 bits per heavy atom. The first kappa shape index (κ1) is 14.7. The van der Waals surface area contributed by atoms with E-state index in [1.807, 2.05) is 37.3 Å². The van der Waals surface area contributed by atoms with Crippen LogP contribution in [-0.2, 0) is 4.79 Å². The van der Waals surface area contributed by atoms with Crippen molar-refractivity contribution in [1.82, 2.24) is 9.97 Å². The highest BCUT2D eigenvalue weighted by Crippen LogP contribution is 2.23. The number of amides is 1. The van der Waals surface area contributed by atoms with Crippen molar-refractivity contribution in [2.45, 2.75) is 6.92 Å². The predicted octanol–water partition coefficient (Wildman–Crippen LogP) is 3.30. The molecule has 114 valence electrons. The Kier molecular flexibility index (Phi) is 4.01. The first-order valence-electron chi connectivity index (χ1n) is 7.12. The summed E-state index contributed by atoms with van der Waals surface area (Å²) < 4.78 is 0. The molecule has 2 aromatic carbocycles. The Balaban J connectivity index is 1.74. The maximum Gasteiger partial charge on any atom is 0.248 e. The van der Waals surface area contributed by atoms with Crippen LogP contribution in [0.1, 0.15) is 11.3 Å². The number of phenolic OH excluding ortho intramolecular Hbond substituents is 1. The van der Waals surface area contributed by atoms with E-state index in [1.54, 1.807) is 24.4 Å². The molecule has 0 unspecified atom stereocenters. The Hall–Kier alpha value is -3.21. The van der Waals surface area contributed by atoms with Gasteiger partial charge in [-0.3, -0.25) is 9.78 Å².